The minimum absolute atomic E-state index is 0.00772. The molecule has 0 saturated heterocycles. The summed E-state index contributed by atoms with van der Waals surface area (Å²) in [7, 11) is -4.42. The summed E-state index contributed by atoms with van der Waals surface area (Å²) in [6.07, 6.45) is 0. The minimum Gasteiger partial charge on any atom is -0.461 e. The van der Waals surface area contributed by atoms with Crippen molar-refractivity contribution in [2.45, 2.75) is 11.8 Å². The maximum atomic E-state index is 12.6. The van der Waals surface area contributed by atoms with Crippen LogP contribution in [0.25, 0.3) is 5.69 Å². The van der Waals surface area contributed by atoms with Gasteiger partial charge in [0.25, 0.3) is 5.56 Å². The molecule has 0 radical (unpaired) electrons. The van der Waals surface area contributed by atoms with E-state index < -0.39 is 33.1 Å². The van der Waals surface area contributed by atoms with Crippen molar-refractivity contribution in [2.75, 3.05) is 6.61 Å². The average Bonchev–Trinajstić information content (AvgIpc) is 2.69. The van der Waals surface area contributed by atoms with Crippen LogP contribution in [0, 0.1) is 0 Å². The third kappa shape index (κ3) is 4.64. The Morgan fingerprint density at radius 3 is 2.50 bits per heavy atom. The van der Waals surface area contributed by atoms with Crippen molar-refractivity contribution in [3.63, 3.8) is 0 Å². The van der Waals surface area contributed by atoms with Crippen molar-refractivity contribution in [3.05, 3.63) is 80.7 Å². The van der Waals surface area contributed by atoms with Gasteiger partial charge in [-0.2, -0.15) is 18.2 Å². The summed E-state index contributed by atoms with van der Waals surface area (Å²) in [6, 6.07) is 12.5. The number of hydrogen-bond donors (Lipinski definition) is 0. The molecule has 1 heterocycles. The lowest BCUT2D eigenvalue weighted by Gasteiger charge is -2.13. The van der Waals surface area contributed by atoms with Gasteiger partial charge in [0, 0.05) is 5.02 Å². The standard InChI is InChI=1S/C19H14Cl2N2O6S/c1-2-28-19(25)18-16(29-30(26,27)13-7-5-6-12(20)10-13)11-17(24)23(22-18)15-9-4-3-8-14(15)21/h3-11H,2H2,1H3. The predicted octanol–water partition coefficient (Wildman–Crippen LogP) is 3.48. The molecule has 0 spiro atoms. The molecule has 0 amide bonds. The van der Waals surface area contributed by atoms with E-state index in [-0.39, 0.29) is 27.2 Å². The van der Waals surface area contributed by atoms with Crippen LogP contribution in [0.4, 0.5) is 0 Å². The molecule has 0 aliphatic heterocycles. The van der Waals surface area contributed by atoms with Crippen LogP contribution in [0.2, 0.25) is 10.0 Å². The zero-order chi connectivity index (χ0) is 21.9. The van der Waals surface area contributed by atoms with Gasteiger partial charge in [0.1, 0.15) is 4.90 Å². The van der Waals surface area contributed by atoms with Gasteiger partial charge in [0.05, 0.1) is 23.4 Å². The largest absolute Gasteiger partial charge is 0.461 e. The predicted molar refractivity (Wildman–Crippen MR) is 110 cm³/mol. The lowest BCUT2D eigenvalue weighted by molar-refractivity contribution is 0.0515. The Kier molecular flexibility index (Phi) is 6.45. The maximum Gasteiger partial charge on any atom is 0.362 e. The molecule has 3 rings (SSSR count). The van der Waals surface area contributed by atoms with Gasteiger partial charge in [0.15, 0.2) is 5.75 Å². The van der Waals surface area contributed by atoms with Gasteiger partial charge in [-0.15, -0.1) is 0 Å². The second kappa shape index (κ2) is 8.86. The number of carbonyl (C=O) groups excluding carboxylic acids is 1. The lowest BCUT2D eigenvalue weighted by atomic mass is 10.3. The third-order valence-corrected chi connectivity index (χ3v) is 5.52. The first-order chi connectivity index (χ1) is 14.2. The smallest absolute Gasteiger partial charge is 0.362 e. The van der Waals surface area contributed by atoms with E-state index in [4.69, 9.17) is 32.1 Å². The number of carbonyl (C=O) groups is 1. The third-order valence-electron chi connectivity index (χ3n) is 3.73. The molecule has 0 aliphatic rings. The van der Waals surface area contributed by atoms with E-state index >= 15 is 0 Å². The number of rotatable bonds is 6. The van der Waals surface area contributed by atoms with E-state index in [0.717, 1.165) is 10.7 Å². The van der Waals surface area contributed by atoms with Crippen LogP contribution in [0.3, 0.4) is 0 Å². The Hall–Kier alpha value is -2.88. The highest BCUT2D eigenvalue weighted by Crippen LogP contribution is 2.24. The molecule has 0 atom stereocenters. The molecule has 156 valence electrons. The topological polar surface area (TPSA) is 105 Å². The van der Waals surface area contributed by atoms with Crippen LogP contribution >= 0.6 is 23.2 Å². The molecule has 0 N–H and O–H groups in total. The van der Waals surface area contributed by atoms with Crippen LogP contribution in [-0.2, 0) is 14.9 Å². The van der Waals surface area contributed by atoms with E-state index in [9.17, 15) is 18.0 Å². The molecule has 0 aliphatic carbocycles. The van der Waals surface area contributed by atoms with Crippen molar-refractivity contribution >= 4 is 39.3 Å². The summed E-state index contributed by atoms with van der Waals surface area (Å²) >= 11 is 11.9. The molecule has 0 fully saturated rings. The van der Waals surface area contributed by atoms with E-state index in [0.29, 0.717) is 0 Å². The van der Waals surface area contributed by atoms with Crippen LogP contribution in [-0.4, -0.2) is 30.8 Å². The maximum absolute atomic E-state index is 12.6. The number of ether oxygens (including phenoxy) is 1. The molecule has 0 unspecified atom stereocenters. The second-order valence-electron chi connectivity index (χ2n) is 5.77. The van der Waals surface area contributed by atoms with Crippen molar-refractivity contribution < 1.29 is 22.1 Å². The van der Waals surface area contributed by atoms with E-state index in [1.807, 2.05) is 0 Å². The summed E-state index contributed by atoms with van der Waals surface area (Å²) < 4.78 is 36.1. The highest BCUT2D eigenvalue weighted by molar-refractivity contribution is 7.87. The summed E-state index contributed by atoms with van der Waals surface area (Å²) in [5, 5.41) is 4.31. The Morgan fingerprint density at radius 1 is 1.10 bits per heavy atom. The summed E-state index contributed by atoms with van der Waals surface area (Å²) in [6.45, 7) is 1.55. The number of aromatic nitrogens is 2. The fraction of sp³-hybridized carbons (Fsp3) is 0.105. The molecule has 8 nitrogen and oxygen atoms in total. The highest BCUT2D eigenvalue weighted by Gasteiger charge is 2.26. The van der Waals surface area contributed by atoms with Gasteiger partial charge in [-0.1, -0.05) is 41.4 Å². The quantitative estimate of drug-likeness (QED) is 0.402. The zero-order valence-corrected chi connectivity index (χ0v) is 17.7. The highest BCUT2D eigenvalue weighted by atomic mass is 35.5. The monoisotopic (exact) mass is 468 g/mol. The number of hydrogen-bond acceptors (Lipinski definition) is 7. The van der Waals surface area contributed by atoms with Crippen LogP contribution in [0.15, 0.2) is 64.3 Å². The van der Waals surface area contributed by atoms with Gasteiger partial charge in [-0.05, 0) is 37.3 Å². The number of para-hydroxylation sites is 1. The first-order valence-corrected chi connectivity index (χ1v) is 10.7. The van der Waals surface area contributed by atoms with E-state index in [1.54, 1.807) is 19.1 Å². The van der Waals surface area contributed by atoms with Crippen LogP contribution in [0.1, 0.15) is 17.4 Å². The van der Waals surface area contributed by atoms with Gasteiger partial charge in [-0.3, -0.25) is 4.79 Å². The Labute approximate surface area is 181 Å². The van der Waals surface area contributed by atoms with Gasteiger partial charge >= 0.3 is 16.1 Å². The fourth-order valence-electron chi connectivity index (χ4n) is 2.43. The number of halogens is 2. The van der Waals surface area contributed by atoms with Gasteiger partial charge < -0.3 is 8.92 Å². The molecular weight excluding hydrogens is 455 g/mol. The second-order valence-corrected chi connectivity index (χ2v) is 8.16. The normalized spacial score (nSPS) is 11.2. The van der Waals surface area contributed by atoms with Crippen molar-refractivity contribution in [3.8, 4) is 11.4 Å². The van der Waals surface area contributed by atoms with Crippen molar-refractivity contribution in [1.82, 2.24) is 9.78 Å². The Bertz CT molecular complexity index is 1270. The Balaban J connectivity index is 2.14. The summed E-state index contributed by atoms with van der Waals surface area (Å²) in [4.78, 5) is 24.7. The minimum atomic E-state index is -4.42. The Morgan fingerprint density at radius 2 is 1.83 bits per heavy atom. The zero-order valence-electron chi connectivity index (χ0n) is 15.4. The van der Waals surface area contributed by atoms with E-state index in [1.165, 1.54) is 36.4 Å². The van der Waals surface area contributed by atoms with Gasteiger partial charge in [0.2, 0.25) is 5.69 Å². The summed E-state index contributed by atoms with van der Waals surface area (Å²) in [5.74, 6) is -1.56. The summed E-state index contributed by atoms with van der Waals surface area (Å²) in [5.41, 5.74) is -1.09. The fourth-order valence-corrected chi connectivity index (χ4v) is 3.88. The first kappa shape index (κ1) is 21.8. The molecule has 1 aromatic heterocycles. The SMILES string of the molecule is CCOC(=O)c1nn(-c2ccccc2Cl)c(=O)cc1OS(=O)(=O)c1cccc(Cl)c1. The lowest BCUT2D eigenvalue weighted by Crippen LogP contribution is -2.26. The molecule has 3 aromatic rings. The molecule has 30 heavy (non-hydrogen) atoms. The molecule has 0 bridgehead atoms. The molecule has 11 heteroatoms. The van der Waals surface area contributed by atoms with Gasteiger partial charge in [-0.25, -0.2) is 4.79 Å². The van der Waals surface area contributed by atoms with Crippen molar-refractivity contribution in [2.24, 2.45) is 0 Å². The number of benzene rings is 2. The van der Waals surface area contributed by atoms with Crippen LogP contribution in [0.5, 0.6) is 5.75 Å². The van der Waals surface area contributed by atoms with Crippen LogP contribution < -0.4 is 9.74 Å². The average molecular weight is 469 g/mol. The molecule has 2 aromatic carbocycles. The molecular formula is C19H14Cl2N2O6S. The first-order valence-electron chi connectivity index (χ1n) is 8.49. The van der Waals surface area contributed by atoms with Crippen molar-refractivity contribution in [1.29, 1.82) is 0 Å². The van der Waals surface area contributed by atoms with E-state index in [2.05, 4.69) is 5.10 Å². The number of nitrogens with zero attached hydrogens (tertiary/aromatic N) is 2. The number of esters is 1. The molecule has 0 saturated carbocycles.